The lowest BCUT2D eigenvalue weighted by Gasteiger charge is -2.45. The zero-order chi connectivity index (χ0) is 23.2. The predicted molar refractivity (Wildman–Crippen MR) is 106 cm³/mol. The molecule has 1 amide bonds. The van der Waals surface area contributed by atoms with E-state index in [9.17, 15) is 18.0 Å². The van der Waals surface area contributed by atoms with Crippen LogP contribution in [0.5, 0.6) is 0 Å². The Morgan fingerprint density at radius 1 is 1.32 bits per heavy atom. The van der Waals surface area contributed by atoms with E-state index in [2.05, 4.69) is 19.8 Å². The third kappa shape index (κ3) is 5.82. The zero-order valence-corrected chi connectivity index (χ0v) is 17.8. The van der Waals surface area contributed by atoms with E-state index in [1.165, 1.54) is 0 Å². The molecule has 1 aromatic rings. The van der Waals surface area contributed by atoms with Gasteiger partial charge >= 0.3 is 12.1 Å². The number of carboxylic acids is 1. The van der Waals surface area contributed by atoms with E-state index >= 15 is 0 Å². The Labute approximate surface area is 178 Å². The van der Waals surface area contributed by atoms with E-state index in [4.69, 9.17) is 14.6 Å². The first-order valence-electron chi connectivity index (χ1n) is 9.79. The number of ether oxygens (including phenoxy) is 1. The van der Waals surface area contributed by atoms with Crippen LogP contribution in [0.15, 0.2) is 18.5 Å². The van der Waals surface area contributed by atoms with Crippen LogP contribution in [0, 0.1) is 5.41 Å². The first-order chi connectivity index (χ1) is 14.5. The fourth-order valence-corrected chi connectivity index (χ4v) is 4.18. The lowest BCUT2D eigenvalue weighted by molar-refractivity contribution is -0.192. The van der Waals surface area contributed by atoms with Gasteiger partial charge in [0.25, 0.3) is 0 Å². The number of hydrogen-bond donors (Lipinski definition) is 1. The highest BCUT2D eigenvalue weighted by Crippen LogP contribution is 2.43. The summed E-state index contributed by atoms with van der Waals surface area (Å²) in [6.45, 7) is 4.05. The molecule has 0 bridgehead atoms. The second kappa shape index (κ2) is 10.2. The Bertz CT molecular complexity index is 750. The summed E-state index contributed by atoms with van der Waals surface area (Å²) in [6, 6.07) is 1.94. The van der Waals surface area contributed by atoms with Gasteiger partial charge in [0.15, 0.2) is 0 Å². The van der Waals surface area contributed by atoms with Crippen molar-refractivity contribution >= 4 is 17.8 Å². The number of halogens is 3. The maximum absolute atomic E-state index is 13.1. The Balaban J connectivity index is 0.000000423. The maximum Gasteiger partial charge on any atom is 0.490 e. The number of carboxylic acid groups (broad SMARTS) is 1. The summed E-state index contributed by atoms with van der Waals surface area (Å²) in [7, 11) is 5.42. The van der Waals surface area contributed by atoms with Crippen LogP contribution in [0.3, 0.4) is 0 Å². The monoisotopic (exact) mass is 447 g/mol. The smallest absolute Gasteiger partial charge is 0.475 e. The molecule has 0 aromatic carbocycles. The first-order valence-corrected chi connectivity index (χ1v) is 9.79. The molecule has 3 rings (SSSR count). The van der Waals surface area contributed by atoms with Crippen molar-refractivity contribution < 1.29 is 32.6 Å². The summed E-state index contributed by atoms with van der Waals surface area (Å²) in [5.41, 5.74) is -0.380. The van der Waals surface area contributed by atoms with Gasteiger partial charge in [0, 0.05) is 59.8 Å². The third-order valence-electron chi connectivity index (χ3n) is 5.47. The van der Waals surface area contributed by atoms with Crippen molar-refractivity contribution in [3.05, 3.63) is 18.5 Å². The number of fused-ring (bicyclic) bond motifs is 1. The average Bonchev–Trinajstić information content (AvgIpc) is 3.11. The minimum Gasteiger partial charge on any atom is -0.475 e. The topological polar surface area (TPSA) is 99.1 Å². The summed E-state index contributed by atoms with van der Waals surface area (Å²) >= 11 is 0. The van der Waals surface area contributed by atoms with Crippen LogP contribution >= 0.6 is 0 Å². The summed E-state index contributed by atoms with van der Waals surface area (Å²) in [5.74, 6) is -1.81. The Kier molecular flexibility index (Phi) is 8.18. The van der Waals surface area contributed by atoms with Crippen LogP contribution in [-0.4, -0.2) is 103 Å². The van der Waals surface area contributed by atoms with Crippen LogP contribution in [0.25, 0.3) is 0 Å². The van der Waals surface area contributed by atoms with Crippen LogP contribution in [0.1, 0.15) is 12.8 Å². The predicted octanol–water partition coefficient (Wildman–Crippen LogP) is 1.12. The lowest BCUT2D eigenvalue weighted by Crippen LogP contribution is -2.58. The number of carbonyl (C=O) groups is 2. The van der Waals surface area contributed by atoms with Gasteiger partial charge in [0.2, 0.25) is 11.9 Å². The normalized spacial score (nSPS) is 23.5. The van der Waals surface area contributed by atoms with Crippen molar-refractivity contribution in [1.82, 2.24) is 19.8 Å². The molecule has 0 unspecified atom stereocenters. The molecule has 31 heavy (non-hydrogen) atoms. The largest absolute Gasteiger partial charge is 0.490 e. The fraction of sp³-hybridized carbons (Fsp3) is 0.684. The molecule has 9 nitrogen and oxygen atoms in total. The van der Waals surface area contributed by atoms with Gasteiger partial charge in [-0.3, -0.25) is 9.69 Å². The van der Waals surface area contributed by atoms with E-state index in [1.807, 2.05) is 20.2 Å². The second-order valence-electron chi connectivity index (χ2n) is 7.75. The summed E-state index contributed by atoms with van der Waals surface area (Å²) in [4.78, 5) is 37.2. The van der Waals surface area contributed by atoms with Crippen molar-refractivity contribution in [3.63, 3.8) is 0 Å². The Morgan fingerprint density at radius 2 is 1.94 bits per heavy atom. The number of aliphatic carboxylic acids is 1. The minimum absolute atomic E-state index is 0.111. The third-order valence-corrected chi connectivity index (χ3v) is 5.47. The van der Waals surface area contributed by atoms with Gasteiger partial charge in [0.05, 0.1) is 18.1 Å². The van der Waals surface area contributed by atoms with Gasteiger partial charge in [-0.25, -0.2) is 14.8 Å². The molecule has 1 aromatic heterocycles. The lowest BCUT2D eigenvalue weighted by atomic mass is 9.74. The molecular weight excluding hydrogens is 419 g/mol. The van der Waals surface area contributed by atoms with E-state index in [0.29, 0.717) is 6.61 Å². The number of amides is 1. The average molecular weight is 447 g/mol. The number of piperidine rings is 1. The van der Waals surface area contributed by atoms with Gasteiger partial charge < -0.3 is 19.6 Å². The molecule has 0 aliphatic carbocycles. The number of anilines is 1. The minimum atomic E-state index is -5.08. The highest BCUT2D eigenvalue weighted by atomic mass is 19.4. The molecule has 2 saturated heterocycles. The molecule has 0 spiro atoms. The number of hydrogen-bond acceptors (Lipinski definition) is 7. The number of likely N-dealkylation sites (tertiary alicyclic amines) is 1. The molecule has 0 saturated carbocycles. The van der Waals surface area contributed by atoms with Crippen LogP contribution in [-0.2, 0) is 14.3 Å². The van der Waals surface area contributed by atoms with Crippen molar-refractivity contribution in [1.29, 1.82) is 0 Å². The first kappa shape index (κ1) is 24.8. The standard InChI is InChI=1S/C17H27N5O2.C2HF3O2/c1-20(2)15(23)17-6-4-9-22(16-18-7-5-8-19-16)14(17)12-21(13-17)10-11-24-3;3-2(4,5)1(6)7/h5,7-8,14H,4,6,9-13H2,1-3H3;(H,6,7)/t14-,17-;/m1./s1. The highest BCUT2D eigenvalue weighted by molar-refractivity contribution is 5.85. The van der Waals surface area contributed by atoms with Crippen molar-refractivity contribution in [3.8, 4) is 0 Å². The van der Waals surface area contributed by atoms with Gasteiger partial charge in [-0.15, -0.1) is 0 Å². The number of alkyl halides is 3. The summed E-state index contributed by atoms with van der Waals surface area (Å²) < 4.78 is 37.0. The van der Waals surface area contributed by atoms with Crippen molar-refractivity contribution in [2.24, 2.45) is 5.41 Å². The SMILES string of the molecule is COCCN1C[C@H]2N(c3ncccn3)CCC[C@@]2(C(=O)N(C)C)C1.O=C(O)C(F)(F)F. The quantitative estimate of drug-likeness (QED) is 0.717. The van der Waals surface area contributed by atoms with Gasteiger partial charge in [-0.2, -0.15) is 13.2 Å². The van der Waals surface area contributed by atoms with E-state index in [-0.39, 0.29) is 17.4 Å². The van der Waals surface area contributed by atoms with Gasteiger partial charge in [0.1, 0.15) is 0 Å². The number of aromatic nitrogens is 2. The summed E-state index contributed by atoms with van der Waals surface area (Å²) in [5, 5.41) is 7.12. The molecule has 2 aliphatic rings. The number of rotatable bonds is 5. The number of methoxy groups -OCH3 is 1. The van der Waals surface area contributed by atoms with Crippen molar-refractivity contribution in [2.75, 3.05) is 58.9 Å². The zero-order valence-electron chi connectivity index (χ0n) is 17.8. The molecule has 2 aliphatic heterocycles. The number of carbonyl (C=O) groups excluding carboxylic acids is 1. The molecule has 2 atom stereocenters. The van der Waals surface area contributed by atoms with Crippen LogP contribution in [0.4, 0.5) is 19.1 Å². The van der Waals surface area contributed by atoms with Crippen LogP contribution in [0.2, 0.25) is 0 Å². The highest BCUT2D eigenvalue weighted by Gasteiger charge is 2.56. The molecule has 3 heterocycles. The molecule has 174 valence electrons. The molecule has 0 radical (unpaired) electrons. The van der Waals surface area contributed by atoms with Crippen molar-refractivity contribution in [2.45, 2.75) is 25.1 Å². The molecule has 12 heteroatoms. The Morgan fingerprint density at radius 3 is 2.45 bits per heavy atom. The van der Waals surface area contributed by atoms with Crippen LogP contribution < -0.4 is 4.90 Å². The number of nitrogens with zero attached hydrogens (tertiary/aromatic N) is 5. The van der Waals surface area contributed by atoms with E-state index in [1.54, 1.807) is 24.4 Å². The maximum atomic E-state index is 13.1. The Hall–Kier alpha value is -2.47. The van der Waals surface area contributed by atoms with E-state index < -0.39 is 12.1 Å². The summed E-state index contributed by atoms with van der Waals surface area (Å²) in [6.07, 6.45) is 0.349. The van der Waals surface area contributed by atoms with E-state index in [0.717, 1.165) is 45.0 Å². The molecule has 2 fully saturated rings. The van der Waals surface area contributed by atoms with Gasteiger partial charge in [-0.05, 0) is 18.9 Å². The molecular formula is C19H28F3N5O4. The van der Waals surface area contributed by atoms with Gasteiger partial charge in [-0.1, -0.05) is 0 Å². The fourth-order valence-electron chi connectivity index (χ4n) is 4.18. The molecule has 1 N–H and O–H groups in total. The second-order valence-corrected chi connectivity index (χ2v) is 7.75.